The molecule has 1 saturated carbocycles. The molecule has 0 amide bonds. The number of benzene rings is 1. The lowest BCUT2D eigenvalue weighted by Crippen LogP contribution is -2.43. The second-order valence-electron chi connectivity index (χ2n) is 9.12. The molecule has 6 heteroatoms. The van der Waals surface area contributed by atoms with Gasteiger partial charge in [-0.3, -0.25) is 4.90 Å². The Balaban J connectivity index is 1.39. The summed E-state index contributed by atoms with van der Waals surface area (Å²) in [4.78, 5) is 9.12. The highest BCUT2D eigenvalue weighted by molar-refractivity contribution is 6.29. The summed E-state index contributed by atoms with van der Waals surface area (Å²) in [7, 11) is 2.18. The predicted molar refractivity (Wildman–Crippen MR) is 131 cm³/mol. The van der Waals surface area contributed by atoms with E-state index in [0.29, 0.717) is 23.7 Å². The van der Waals surface area contributed by atoms with Crippen LogP contribution in [0.3, 0.4) is 0 Å². The molecule has 2 fully saturated rings. The van der Waals surface area contributed by atoms with Gasteiger partial charge >= 0.3 is 0 Å². The van der Waals surface area contributed by atoms with E-state index in [1.807, 2.05) is 6.07 Å². The van der Waals surface area contributed by atoms with E-state index < -0.39 is 0 Å². The first-order chi connectivity index (χ1) is 15.6. The Bertz CT molecular complexity index is 937. The summed E-state index contributed by atoms with van der Waals surface area (Å²) in [6.45, 7) is 5.81. The fraction of sp³-hybridized carbons (Fsp3) is 0.500. The van der Waals surface area contributed by atoms with Gasteiger partial charge in [-0.05, 0) is 62.4 Å². The van der Waals surface area contributed by atoms with Crippen LogP contribution in [0.1, 0.15) is 42.4 Å². The van der Waals surface area contributed by atoms with Crippen LogP contribution in [-0.2, 0) is 6.54 Å². The normalized spacial score (nSPS) is 22.2. The number of aliphatic hydroxyl groups is 1. The lowest BCUT2D eigenvalue weighted by Gasteiger charge is -2.32. The van der Waals surface area contributed by atoms with Crippen LogP contribution in [0.4, 0.5) is 5.69 Å². The number of hydrogen-bond acceptors (Lipinski definition) is 5. The second kappa shape index (κ2) is 11.2. The van der Waals surface area contributed by atoms with E-state index in [0.717, 1.165) is 75.2 Å². The number of pyridine rings is 1. The number of nitrogens with zero attached hydrogens (tertiary/aromatic N) is 3. The van der Waals surface area contributed by atoms with Gasteiger partial charge in [0.25, 0.3) is 0 Å². The zero-order chi connectivity index (χ0) is 22.3. The topological polar surface area (TPSA) is 51.6 Å². The largest absolute Gasteiger partial charge is 0.396 e. The summed E-state index contributed by atoms with van der Waals surface area (Å²) in [6.07, 6.45) is 5.95. The molecule has 32 heavy (non-hydrogen) atoms. The standard InChI is InChI=1S/C26H33ClN4O/c1-30-12-14-31(15-13-30)18-21-4-2-20(3-5-21)6-9-23-17-28-26(27)16-25(23)29-24-10-7-22(19-32)8-11-24/h2-5,16-17,22,24,32H,7-8,10-15,18-19H2,1H3,(H,28,29). The monoisotopic (exact) mass is 452 g/mol. The Kier molecular flexibility index (Phi) is 8.05. The van der Waals surface area contributed by atoms with E-state index in [1.165, 1.54) is 5.56 Å². The molecule has 0 bridgehead atoms. The van der Waals surface area contributed by atoms with Crippen LogP contribution < -0.4 is 5.32 Å². The summed E-state index contributed by atoms with van der Waals surface area (Å²) in [5, 5.41) is 13.4. The highest BCUT2D eigenvalue weighted by Gasteiger charge is 2.21. The number of hydrogen-bond donors (Lipinski definition) is 2. The van der Waals surface area contributed by atoms with Crippen molar-refractivity contribution in [2.75, 3.05) is 45.2 Å². The van der Waals surface area contributed by atoms with Crippen molar-refractivity contribution in [3.63, 3.8) is 0 Å². The minimum absolute atomic E-state index is 0.290. The molecular formula is C26H33ClN4O. The average Bonchev–Trinajstić information content (AvgIpc) is 2.81. The third-order valence-corrected chi connectivity index (χ3v) is 6.84. The molecule has 1 aromatic heterocycles. The van der Waals surface area contributed by atoms with Gasteiger partial charge in [0.2, 0.25) is 0 Å². The van der Waals surface area contributed by atoms with Crippen LogP contribution in [0.2, 0.25) is 5.15 Å². The van der Waals surface area contributed by atoms with Gasteiger partial charge in [-0.15, -0.1) is 0 Å². The Hall–Kier alpha value is -2.10. The van der Waals surface area contributed by atoms with Crippen molar-refractivity contribution in [3.8, 4) is 11.8 Å². The zero-order valence-corrected chi connectivity index (χ0v) is 19.6. The summed E-state index contributed by atoms with van der Waals surface area (Å²) in [5.41, 5.74) is 4.13. The summed E-state index contributed by atoms with van der Waals surface area (Å²) >= 11 is 6.16. The van der Waals surface area contributed by atoms with E-state index in [4.69, 9.17) is 11.6 Å². The first-order valence-electron chi connectivity index (χ1n) is 11.6. The average molecular weight is 453 g/mol. The van der Waals surface area contributed by atoms with Crippen molar-refractivity contribution < 1.29 is 5.11 Å². The van der Waals surface area contributed by atoms with Crippen LogP contribution in [-0.4, -0.2) is 65.8 Å². The number of rotatable bonds is 5. The van der Waals surface area contributed by atoms with Crippen molar-refractivity contribution in [1.29, 1.82) is 0 Å². The Labute approximate surface area is 196 Å². The quantitative estimate of drug-likeness (QED) is 0.533. The third-order valence-electron chi connectivity index (χ3n) is 6.63. The molecule has 1 saturated heterocycles. The summed E-state index contributed by atoms with van der Waals surface area (Å²) in [6, 6.07) is 10.8. The smallest absolute Gasteiger partial charge is 0.131 e. The molecule has 1 aliphatic carbocycles. The molecule has 1 aliphatic heterocycles. The number of halogens is 1. The summed E-state index contributed by atoms with van der Waals surface area (Å²) < 4.78 is 0. The minimum atomic E-state index is 0.290. The molecule has 1 aromatic carbocycles. The van der Waals surface area contributed by atoms with Crippen LogP contribution in [0.5, 0.6) is 0 Å². The molecule has 0 atom stereocenters. The van der Waals surface area contributed by atoms with Gasteiger partial charge in [0, 0.05) is 57.1 Å². The second-order valence-corrected chi connectivity index (χ2v) is 9.51. The molecule has 2 aliphatic rings. The van der Waals surface area contributed by atoms with Crippen LogP contribution in [0.15, 0.2) is 36.5 Å². The SMILES string of the molecule is CN1CCN(Cc2ccc(C#Cc3cnc(Cl)cc3NC3CCC(CO)CC3)cc2)CC1. The minimum Gasteiger partial charge on any atom is -0.396 e. The number of likely N-dealkylation sites (N-methyl/N-ethyl adjacent to an activating group) is 1. The molecule has 170 valence electrons. The maximum absolute atomic E-state index is 9.37. The van der Waals surface area contributed by atoms with Gasteiger partial charge in [0.05, 0.1) is 11.3 Å². The maximum atomic E-state index is 9.37. The number of anilines is 1. The van der Waals surface area contributed by atoms with Crippen molar-refractivity contribution in [2.24, 2.45) is 5.92 Å². The summed E-state index contributed by atoms with van der Waals surface area (Å²) in [5.74, 6) is 7.00. The fourth-order valence-electron chi connectivity index (χ4n) is 4.46. The lowest BCUT2D eigenvalue weighted by atomic mass is 9.86. The van der Waals surface area contributed by atoms with Crippen LogP contribution >= 0.6 is 11.6 Å². The van der Waals surface area contributed by atoms with Gasteiger partial charge in [-0.1, -0.05) is 35.6 Å². The number of aromatic nitrogens is 1. The van der Waals surface area contributed by atoms with Gasteiger partial charge in [0.1, 0.15) is 5.15 Å². The van der Waals surface area contributed by atoms with Gasteiger partial charge in [-0.2, -0.15) is 0 Å². The molecule has 2 aromatic rings. The van der Waals surface area contributed by atoms with E-state index >= 15 is 0 Å². The molecule has 4 rings (SSSR count). The van der Waals surface area contributed by atoms with E-state index in [9.17, 15) is 5.11 Å². The van der Waals surface area contributed by atoms with Gasteiger partial charge in [-0.25, -0.2) is 4.98 Å². The molecule has 0 radical (unpaired) electrons. The molecular weight excluding hydrogens is 420 g/mol. The predicted octanol–water partition coefficient (Wildman–Crippen LogP) is 3.85. The van der Waals surface area contributed by atoms with Crippen LogP contribution in [0, 0.1) is 17.8 Å². The molecule has 2 N–H and O–H groups in total. The fourth-order valence-corrected chi connectivity index (χ4v) is 4.61. The highest BCUT2D eigenvalue weighted by atomic mass is 35.5. The van der Waals surface area contributed by atoms with Crippen molar-refractivity contribution in [1.82, 2.24) is 14.8 Å². The molecule has 0 spiro atoms. The number of piperazine rings is 1. The number of aliphatic hydroxyl groups excluding tert-OH is 1. The van der Waals surface area contributed by atoms with Crippen LogP contribution in [0.25, 0.3) is 0 Å². The maximum Gasteiger partial charge on any atom is 0.131 e. The lowest BCUT2D eigenvalue weighted by molar-refractivity contribution is 0.148. The van der Waals surface area contributed by atoms with Crippen molar-refractivity contribution >= 4 is 17.3 Å². The zero-order valence-electron chi connectivity index (χ0n) is 18.9. The first kappa shape index (κ1) is 23.1. The Morgan fingerprint density at radius 3 is 2.47 bits per heavy atom. The Morgan fingerprint density at radius 2 is 1.78 bits per heavy atom. The highest BCUT2D eigenvalue weighted by Crippen LogP contribution is 2.28. The first-order valence-corrected chi connectivity index (χ1v) is 12.0. The van der Waals surface area contributed by atoms with E-state index in [1.54, 1.807) is 6.20 Å². The number of nitrogens with one attached hydrogen (secondary N) is 1. The van der Waals surface area contributed by atoms with E-state index in [2.05, 4.69) is 63.3 Å². The molecule has 0 unspecified atom stereocenters. The van der Waals surface area contributed by atoms with Gasteiger partial charge < -0.3 is 15.3 Å². The van der Waals surface area contributed by atoms with Crippen molar-refractivity contribution in [2.45, 2.75) is 38.3 Å². The molecule has 5 nitrogen and oxygen atoms in total. The van der Waals surface area contributed by atoms with E-state index in [-0.39, 0.29) is 0 Å². The van der Waals surface area contributed by atoms with Crippen molar-refractivity contribution in [3.05, 3.63) is 58.4 Å². The third kappa shape index (κ3) is 6.46. The molecule has 2 heterocycles. The van der Waals surface area contributed by atoms with Gasteiger partial charge in [0.15, 0.2) is 0 Å². The Morgan fingerprint density at radius 1 is 1.06 bits per heavy atom.